The number of carboxylic acid groups (broad SMARTS) is 1. The van der Waals surface area contributed by atoms with Crippen LogP contribution in [0.4, 0.5) is 5.13 Å². The van der Waals surface area contributed by atoms with E-state index in [4.69, 9.17) is 0 Å². The van der Waals surface area contributed by atoms with E-state index in [9.17, 15) is 9.90 Å². The minimum Gasteiger partial charge on any atom is -0.481 e. The first-order valence-electron chi connectivity index (χ1n) is 6.15. The quantitative estimate of drug-likeness (QED) is 0.878. The second-order valence-electron chi connectivity index (χ2n) is 5.97. The van der Waals surface area contributed by atoms with Gasteiger partial charge in [-0.2, -0.15) is 4.37 Å². The Kier molecular flexibility index (Phi) is 3.31. The highest BCUT2D eigenvalue weighted by Crippen LogP contribution is 2.41. The molecule has 2 rings (SSSR count). The Balaban J connectivity index is 1.98. The normalized spacial score (nSPS) is 18.2. The fourth-order valence-electron chi connectivity index (χ4n) is 1.91. The molecular formula is C12H19N3O2S. The summed E-state index contributed by atoms with van der Waals surface area (Å²) in [7, 11) is 0. The van der Waals surface area contributed by atoms with Crippen LogP contribution in [0.25, 0.3) is 0 Å². The standard InChI is InChI=1S/C12H19N3O2S/c1-11(2,3)8-14-10(18-15-8)13-7-12(9(16)17)5-4-6-12/h4-7H2,1-3H3,(H,16,17)(H,13,14,15). The van der Waals surface area contributed by atoms with E-state index < -0.39 is 11.4 Å². The Hall–Kier alpha value is -1.17. The highest BCUT2D eigenvalue weighted by atomic mass is 32.1. The van der Waals surface area contributed by atoms with Crippen LogP contribution in [0.1, 0.15) is 45.9 Å². The molecule has 0 atom stereocenters. The Morgan fingerprint density at radius 1 is 1.50 bits per heavy atom. The number of hydrogen-bond donors (Lipinski definition) is 2. The van der Waals surface area contributed by atoms with E-state index in [0.717, 1.165) is 25.1 Å². The van der Waals surface area contributed by atoms with Crippen molar-refractivity contribution in [1.29, 1.82) is 0 Å². The fourth-order valence-corrected chi connectivity index (χ4v) is 2.67. The van der Waals surface area contributed by atoms with Crippen molar-refractivity contribution >= 4 is 22.6 Å². The second-order valence-corrected chi connectivity index (χ2v) is 6.72. The predicted molar refractivity (Wildman–Crippen MR) is 71.0 cm³/mol. The van der Waals surface area contributed by atoms with Crippen molar-refractivity contribution in [3.63, 3.8) is 0 Å². The topological polar surface area (TPSA) is 75.1 Å². The lowest BCUT2D eigenvalue weighted by atomic mass is 9.69. The monoisotopic (exact) mass is 269 g/mol. The maximum Gasteiger partial charge on any atom is 0.311 e. The third-order valence-corrected chi connectivity index (χ3v) is 4.11. The lowest BCUT2D eigenvalue weighted by Crippen LogP contribution is -2.43. The lowest BCUT2D eigenvalue weighted by Gasteiger charge is -2.37. The highest BCUT2D eigenvalue weighted by Gasteiger charge is 2.44. The minimum absolute atomic E-state index is 0.0720. The van der Waals surface area contributed by atoms with E-state index in [1.807, 2.05) is 0 Å². The molecule has 1 aliphatic carbocycles. The van der Waals surface area contributed by atoms with Gasteiger partial charge in [0.2, 0.25) is 5.13 Å². The minimum atomic E-state index is -0.707. The van der Waals surface area contributed by atoms with Crippen LogP contribution in [0, 0.1) is 5.41 Å². The first-order chi connectivity index (χ1) is 8.33. The second kappa shape index (κ2) is 4.50. The van der Waals surface area contributed by atoms with Gasteiger partial charge < -0.3 is 10.4 Å². The van der Waals surface area contributed by atoms with Gasteiger partial charge in [0.1, 0.15) is 5.82 Å². The summed E-state index contributed by atoms with van der Waals surface area (Å²) in [6.45, 7) is 6.62. The molecule has 100 valence electrons. The van der Waals surface area contributed by atoms with Gasteiger partial charge in [0, 0.05) is 23.5 Å². The maximum atomic E-state index is 11.2. The number of nitrogens with one attached hydrogen (secondary N) is 1. The van der Waals surface area contributed by atoms with Crippen molar-refractivity contribution in [1.82, 2.24) is 9.36 Å². The summed E-state index contributed by atoms with van der Waals surface area (Å²) in [6.07, 6.45) is 2.50. The van der Waals surface area contributed by atoms with Crippen molar-refractivity contribution in [2.45, 2.75) is 45.4 Å². The molecule has 0 aromatic carbocycles. The van der Waals surface area contributed by atoms with Crippen LogP contribution in [0.3, 0.4) is 0 Å². The number of aromatic nitrogens is 2. The molecule has 0 amide bonds. The molecule has 0 radical (unpaired) electrons. The third-order valence-electron chi connectivity index (χ3n) is 3.44. The van der Waals surface area contributed by atoms with Gasteiger partial charge in [0.15, 0.2) is 0 Å². The van der Waals surface area contributed by atoms with Crippen molar-refractivity contribution in [3.05, 3.63) is 5.82 Å². The molecule has 0 spiro atoms. The zero-order chi connectivity index (χ0) is 13.4. The number of rotatable bonds is 4. The van der Waals surface area contributed by atoms with Crippen LogP contribution >= 0.6 is 11.5 Å². The largest absolute Gasteiger partial charge is 0.481 e. The van der Waals surface area contributed by atoms with Crippen LogP contribution in [0.2, 0.25) is 0 Å². The number of carbonyl (C=O) groups is 1. The number of hydrogen-bond acceptors (Lipinski definition) is 5. The zero-order valence-electron chi connectivity index (χ0n) is 11.0. The molecule has 5 nitrogen and oxygen atoms in total. The Labute approximate surface area is 111 Å². The average Bonchev–Trinajstić information content (AvgIpc) is 2.63. The summed E-state index contributed by atoms with van der Waals surface area (Å²) in [4.78, 5) is 15.6. The summed E-state index contributed by atoms with van der Waals surface area (Å²) in [6, 6.07) is 0. The molecule has 0 bridgehead atoms. The molecule has 1 saturated carbocycles. The molecule has 1 heterocycles. The molecule has 0 aliphatic heterocycles. The number of anilines is 1. The molecule has 0 unspecified atom stereocenters. The average molecular weight is 269 g/mol. The summed E-state index contributed by atoms with van der Waals surface area (Å²) in [5.74, 6) is 0.0924. The molecule has 1 aromatic heterocycles. The van der Waals surface area contributed by atoms with E-state index in [1.54, 1.807) is 0 Å². The summed E-state index contributed by atoms with van der Waals surface area (Å²) in [5, 5.41) is 13.1. The van der Waals surface area contributed by atoms with Crippen LogP contribution in [-0.4, -0.2) is 27.0 Å². The maximum absolute atomic E-state index is 11.2. The van der Waals surface area contributed by atoms with E-state index in [2.05, 4.69) is 35.4 Å². The first-order valence-corrected chi connectivity index (χ1v) is 6.92. The lowest BCUT2D eigenvalue weighted by molar-refractivity contribution is -0.153. The van der Waals surface area contributed by atoms with Crippen molar-refractivity contribution in [2.75, 3.05) is 11.9 Å². The van der Waals surface area contributed by atoms with E-state index >= 15 is 0 Å². The molecule has 1 aliphatic rings. The molecule has 18 heavy (non-hydrogen) atoms. The van der Waals surface area contributed by atoms with Gasteiger partial charge >= 0.3 is 5.97 Å². The van der Waals surface area contributed by atoms with Gasteiger partial charge in [-0.25, -0.2) is 4.98 Å². The van der Waals surface area contributed by atoms with E-state index in [0.29, 0.717) is 11.7 Å². The predicted octanol–water partition coefficient (Wildman–Crippen LogP) is 2.50. The zero-order valence-corrected chi connectivity index (χ0v) is 11.8. The molecule has 6 heteroatoms. The summed E-state index contributed by atoms with van der Waals surface area (Å²) in [5.41, 5.74) is -0.662. The summed E-state index contributed by atoms with van der Waals surface area (Å²) >= 11 is 1.30. The molecule has 1 fully saturated rings. The SMILES string of the molecule is CC(C)(C)c1nsc(NCC2(C(=O)O)CCC2)n1. The van der Waals surface area contributed by atoms with Crippen LogP contribution in [0.5, 0.6) is 0 Å². The van der Waals surface area contributed by atoms with Crippen LogP contribution < -0.4 is 5.32 Å². The molecular weight excluding hydrogens is 250 g/mol. The molecule has 1 aromatic rings. The van der Waals surface area contributed by atoms with Gasteiger partial charge in [-0.05, 0) is 12.8 Å². The van der Waals surface area contributed by atoms with Gasteiger partial charge in [-0.3, -0.25) is 4.79 Å². The van der Waals surface area contributed by atoms with Crippen molar-refractivity contribution in [3.8, 4) is 0 Å². The smallest absolute Gasteiger partial charge is 0.311 e. The number of nitrogens with zero attached hydrogens (tertiary/aromatic N) is 2. The van der Waals surface area contributed by atoms with Gasteiger partial charge in [-0.1, -0.05) is 27.2 Å². The molecule has 0 saturated heterocycles. The summed E-state index contributed by atoms with van der Waals surface area (Å²) < 4.78 is 4.30. The number of carboxylic acids is 1. The van der Waals surface area contributed by atoms with Crippen LogP contribution in [-0.2, 0) is 10.2 Å². The van der Waals surface area contributed by atoms with Gasteiger partial charge in [0.25, 0.3) is 0 Å². The van der Waals surface area contributed by atoms with Crippen LogP contribution in [0.15, 0.2) is 0 Å². The number of aliphatic carboxylic acids is 1. The van der Waals surface area contributed by atoms with Gasteiger partial charge in [0.05, 0.1) is 5.41 Å². The third kappa shape index (κ3) is 2.48. The van der Waals surface area contributed by atoms with Crippen molar-refractivity contribution < 1.29 is 9.90 Å². The van der Waals surface area contributed by atoms with Crippen molar-refractivity contribution in [2.24, 2.45) is 5.41 Å². The fraction of sp³-hybridized carbons (Fsp3) is 0.750. The van der Waals surface area contributed by atoms with E-state index in [-0.39, 0.29) is 5.41 Å². The highest BCUT2D eigenvalue weighted by molar-refractivity contribution is 7.09. The Morgan fingerprint density at radius 2 is 2.17 bits per heavy atom. The first kappa shape index (κ1) is 13.3. The molecule has 2 N–H and O–H groups in total. The Bertz CT molecular complexity index is 446. The van der Waals surface area contributed by atoms with Gasteiger partial charge in [-0.15, -0.1) is 0 Å². The Morgan fingerprint density at radius 3 is 2.56 bits per heavy atom. The van der Waals surface area contributed by atoms with E-state index in [1.165, 1.54) is 11.5 Å².